The highest BCUT2D eigenvalue weighted by molar-refractivity contribution is 7.89. The smallest absolute Gasteiger partial charge is 0.241 e. The van der Waals surface area contributed by atoms with Crippen molar-refractivity contribution in [1.82, 2.24) is 4.72 Å². The summed E-state index contributed by atoms with van der Waals surface area (Å²) >= 11 is 0. The van der Waals surface area contributed by atoms with E-state index >= 15 is 0 Å². The van der Waals surface area contributed by atoms with Crippen molar-refractivity contribution in [3.05, 3.63) is 28.8 Å². The lowest BCUT2D eigenvalue weighted by Gasteiger charge is -2.22. The zero-order valence-electron chi connectivity index (χ0n) is 14.0. The maximum atomic E-state index is 12.6. The van der Waals surface area contributed by atoms with Crippen molar-refractivity contribution in [3.63, 3.8) is 0 Å². The summed E-state index contributed by atoms with van der Waals surface area (Å²) in [5.41, 5.74) is 2.60. The summed E-state index contributed by atoms with van der Waals surface area (Å²) in [4.78, 5) is 0.373. The highest BCUT2D eigenvalue weighted by atomic mass is 32.2. The van der Waals surface area contributed by atoms with E-state index < -0.39 is 15.8 Å². The molecule has 1 aromatic carbocycles. The van der Waals surface area contributed by atoms with Gasteiger partial charge in [-0.15, -0.1) is 0 Å². The fraction of sp³-hybridized carbons (Fsp3) is 0.647. The second kappa shape index (κ2) is 6.16. The summed E-state index contributed by atoms with van der Waals surface area (Å²) in [6.45, 7) is 6.33. The van der Waals surface area contributed by atoms with Gasteiger partial charge >= 0.3 is 0 Å². The van der Waals surface area contributed by atoms with Gasteiger partial charge in [0.15, 0.2) is 5.79 Å². The van der Waals surface area contributed by atoms with Crippen molar-refractivity contribution in [2.45, 2.75) is 63.2 Å². The van der Waals surface area contributed by atoms with E-state index in [0.717, 1.165) is 42.4 Å². The van der Waals surface area contributed by atoms with E-state index in [0.29, 0.717) is 11.5 Å². The normalized spacial score (nSPS) is 23.7. The molecule has 1 heterocycles. The maximum Gasteiger partial charge on any atom is 0.241 e. The summed E-state index contributed by atoms with van der Waals surface area (Å²) in [7, 11) is -3.55. The first-order chi connectivity index (χ1) is 10.8. The predicted octanol–water partition coefficient (Wildman–Crippen LogP) is 2.58. The molecule has 2 aliphatic rings. The van der Waals surface area contributed by atoms with Crippen molar-refractivity contribution in [3.8, 4) is 0 Å². The van der Waals surface area contributed by atoms with Crippen molar-refractivity contribution < 1.29 is 17.9 Å². The minimum absolute atomic E-state index is 0.214. The molecular formula is C17H25NO4S. The van der Waals surface area contributed by atoms with Gasteiger partial charge in [-0.1, -0.05) is 17.7 Å². The molecule has 3 rings (SSSR count). The van der Waals surface area contributed by atoms with E-state index in [1.165, 1.54) is 0 Å². The van der Waals surface area contributed by atoms with Crippen LogP contribution in [0.25, 0.3) is 0 Å². The van der Waals surface area contributed by atoms with Crippen LogP contribution >= 0.6 is 0 Å². The molecule has 23 heavy (non-hydrogen) atoms. The van der Waals surface area contributed by atoms with E-state index in [2.05, 4.69) is 4.72 Å². The van der Waals surface area contributed by atoms with Crippen LogP contribution in [0.15, 0.2) is 17.0 Å². The number of hydrogen-bond donors (Lipinski definition) is 1. The van der Waals surface area contributed by atoms with Crippen LogP contribution in [-0.4, -0.2) is 33.5 Å². The molecule has 1 saturated carbocycles. The number of hydrogen-bond acceptors (Lipinski definition) is 4. The number of aryl methyl sites for hydroxylation is 3. The fourth-order valence-corrected chi connectivity index (χ4v) is 5.27. The molecule has 0 aromatic heterocycles. The Hall–Kier alpha value is -0.950. The van der Waals surface area contributed by atoms with E-state index in [1.54, 1.807) is 0 Å². The zero-order chi connectivity index (χ0) is 16.7. The van der Waals surface area contributed by atoms with Gasteiger partial charge in [-0.3, -0.25) is 0 Å². The van der Waals surface area contributed by atoms with Crippen LogP contribution in [0.4, 0.5) is 0 Å². The molecule has 1 spiro atoms. The molecule has 0 amide bonds. The average Bonchev–Trinajstić information content (AvgIpc) is 3.06. The molecule has 0 bridgehead atoms. The first kappa shape index (κ1) is 16.9. The highest BCUT2D eigenvalue weighted by Gasteiger charge is 2.43. The summed E-state index contributed by atoms with van der Waals surface area (Å²) in [5, 5.41) is 0. The van der Waals surface area contributed by atoms with Crippen LogP contribution in [0.1, 0.15) is 42.4 Å². The summed E-state index contributed by atoms with van der Waals surface area (Å²) in [6.07, 6.45) is 3.83. The predicted molar refractivity (Wildman–Crippen MR) is 87.9 cm³/mol. The first-order valence-corrected chi connectivity index (χ1v) is 9.69. The Morgan fingerprint density at radius 3 is 2.39 bits per heavy atom. The summed E-state index contributed by atoms with van der Waals surface area (Å²) in [5.74, 6) is -0.453. The minimum atomic E-state index is -3.55. The quantitative estimate of drug-likeness (QED) is 0.916. The Labute approximate surface area is 138 Å². The third kappa shape index (κ3) is 3.45. The number of nitrogens with one attached hydrogen (secondary N) is 1. The van der Waals surface area contributed by atoms with Crippen molar-refractivity contribution in [1.29, 1.82) is 0 Å². The van der Waals surface area contributed by atoms with Crippen LogP contribution in [0.3, 0.4) is 0 Å². The van der Waals surface area contributed by atoms with Crippen molar-refractivity contribution in [2.75, 3.05) is 13.2 Å². The van der Waals surface area contributed by atoms with Gasteiger partial charge in [0.25, 0.3) is 0 Å². The van der Waals surface area contributed by atoms with Gasteiger partial charge in [0.1, 0.15) is 0 Å². The molecule has 0 radical (unpaired) electrons. The van der Waals surface area contributed by atoms with Crippen molar-refractivity contribution in [2.24, 2.45) is 0 Å². The van der Waals surface area contributed by atoms with Crippen LogP contribution < -0.4 is 4.72 Å². The Morgan fingerprint density at radius 1 is 1.17 bits per heavy atom. The van der Waals surface area contributed by atoms with Gasteiger partial charge < -0.3 is 9.47 Å². The average molecular weight is 339 g/mol. The van der Waals surface area contributed by atoms with Gasteiger partial charge in [-0.25, -0.2) is 13.1 Å². The lowest BCUT2D eigenvalue weighted by molar-refractivity contribution is -0.160. The summed E-state index contributed by atoms with van der Waals surface area (Å²) in [6, 6.07) is 3.79. The molecule has 5 nitrogen and oxygen atoms in total. The number of ether oxygens (including phenoxy) is 2. The molecule has 6 heteroatoms. The lowest BCUT2D eigenvalue weighted by atomic mass is 10.1. The SMILES string of the molecule is Cc1cc(C)c(S(=O)(=O)NCC2COC3(CCCC3)O2)c(C)c1. The van der Waals surface area contributed by atoms with E-state index in [4.69, 9.17) is 9.47 Å². The fourth-order valence-electron chi connectivity index (χ4n) is 3.76. The van der Waals surface area contributed by atoms with E-state index in [1.807, 2.05) is 32.9 Å². The largest absolute Gasteiger partial charge is 0.347 e. The minimum Gasteiger partial charge on any atom is -0.347 e. The van der Waals surface area contributed by atoms with Crippen LogP contribution in [-0.2, 0) is 19.5 Å². The van der Waals surface area contributed by atoms with Gasteiger partial charge in [-0.2, -0.15) is 0 Å². The highest BCUT2D eigenvalue weighted by Crippen LogP contribution is 2.39. The van der Waals surface area contributed by atoms with Gasteiger partial charge in [0, 0.05) is 19.4 Å². The monoisotopic (exact) mass is 339 g/mol. The molecule has 1 saturated heterocycles. The molecule has 128 valence electrons. The maximum absolute atomic E-state index is 12.6. The molecule has 2 fully saturated rings. The zero-order valence-corrected chi connectivity index (χ0v) is 14.8. The Bertz CT molecular complexity index is 670. The lowest BCUT2D eigenvalue weighted by Crippen LogP contribution is -2.35. The number of rotatable bonds is 4. The van der Waals surface area contributed by atoms with E-state index in [-0.39, 0.29) is 12.6 Å². The second-order valence-corrected chi connectivity index (χ2v) is 8.45. The van der Waals surface area contributed by atoms with E-state index in [9.17, 15) is 8.42 Å². The van der Waals surface area contributed by atoms with Gasteiger partial charge in [0.05, 0.1) is 17.6 Å². The molecule has 1 aliphatic heterocycles. The molecule has 1 N–H and O–H groups in total. The molecule has 1 aromatic rings. The molecule has 1 unspecified atom stereocenters. The summed E-state index contributed by atoms with van der Waals surface area (Å²) < 4.78 is 39.7. The standard InChI is InChI=1S/C17H25NO4S/c1-12-8-13(2)16(14(3)9-12)23(19,20)18-10-15-11-21-17(22-15)6-4-5-7-17/h8-9,15,18H,4-7,10-11H2,1-3H3. The molecular weight excluding hydrogens is 314 g/mol. The first-order valence-electron chi connectivity index (χ1n) is 8.21. The molecule has 1 aliphatic carbocycles. The number of benzene rings is 1. The third-order valence-electron chi connectivity index (χ3n) is 4.65. The van der Waals surface area contributed by atoms with Crippen molar-refractivity contribution >= 4 is 10.0 Å². The third-order valence-corrected chi connectivity index (χ3v) is 6.38. The Balaban J connectivity index is 1.68. The van der Waals surface area contributed by atoms with Crippen LogP contribution in [0.5, 0.6) is 0 Å². The van der Waals surface area contributed by atoms with Crippen LogP contribution in [0.2, 0.25) is 0 Å². The molecule has 1 atom stereocenters. The Kier molecular flexibility index (Phi) is 4.53. The number of sulfonamides is 1. The van der Waals surface area contributed by atoms with Crippen LogP contribution in [0, 0.1) is 20.8 Å². The van der Waals surface area contributed by atoms with Gasteiger partial charge in [-0.05, 0) is 44.7 Å². The topological polar surface area (TPSA) is 64.6 Å². The Morgan fingerprint density at radius 2 is 1.78 bits per heavy atom. The van der Waals surface area contributed by atoms with Gasteiger partial charge in [0.2, 0.25) is 10.0 Å². The second-order valence-electron chi connectivity index (χ2n) is 6.75.